The van der Waals surface area contributed by atoms with Gasteiger partial charge >= 0.3 is 0 Å². The molecule has 0 radical (unpaired) electrons. The molecule has 3 aliphatic heterocycles. The van der Waals surface area contributed by atoms with Gasteiger partial charge in [-0.05, 0) is 24.3 Å². The number of benzene rings is 1. The van der Waals surface area contributed by atoms with Crippen LogP contribution in [0.5, 0.6) is 0 Å². The molecule has 0 aliphatic carbocycles. The zero-order chi connectivity index (χ0) is 13.1. The normalized spacial score (nSPS) is 35.3. The van der Waals surface area contributed by atoms with Crippen LogP contribution >= 0.6 is 11.6 Å². The Labute approximate surface area is 114 Å². The molecule has 3 aliphatic rings. The van der Waals surface area contributed by atoms with Gasteiger partial charge in [-0.1, -0.05) is 23.8 Å². The Hall–Kier alpha value is -1.65. The molecule has 4 atom stereocenters. The SMILES string of the molecule is O=C1[C@@H]2[C@H](C(=O)N1c1ccc(Cl)cc1)[C@H]1C=C[C@H]2O1. The maximum Gasteiger partial charge on any atom is 0.240 e. The van der Waals surface area contributed by atoms with Crippen molar-refractivity contribution >= 4 is 29.1 Å². The zero-order valence-corrected chi connectivity index (χ0v) is 10.6. The van der Waals surface area contributed by atoms with Crippen LogP contribution in [0.2, 0.25) is 5.02 Å². The van der Waals surface area contributed by atoms with Gasteiger partial charge in [0.1, 0.15) is 0 Å². The molecular formula is C14H10ClNO3. The van der Waals surface area contributed by atoms with Crippen molar-refractivity contribution in [2.45, 2.75) is 12.2 Å². The van der Waals surface area contributed by atoms with Crippen LogP contribution in [-0.2, 0) is 14.3 Å². The molecule has 2 bridgehead atoms. The molecule has 0 saturated carbocycles. The molecule has 19 heavy (non-hydrogen) atoms. The first kappa shape index (κ1) is 11.2. The second kappa shape index (κ2) is 3.68. The number of anilines is 1. The van der Waals surface area contributed by atoms with E-state index in [4.69, 9.17) is 16.3 Å². The van der Waals surface area contributed by atoms with Crippen LogP contribution < -0.4 is 4.90 Å². The van der Waals surface area contributed by atoms with Crippen molar-refractivity contribution in [2.24, 2.45) is 11.8 Å². The van der Waals surface area contributed by atoms with Gasteiger partial charge in [0.05, 0.1) is 29.7 Å². The molecule has 0 N–H and O–H groups in total. The molecule has 1 aromatic rings. The fraction of sp³-hybridized carbons (Fsp3) is 0.286. The van der Waals surface area contributed by atoms with Gasteiger partial charge in [-0.25, -0.2) is 4.90 Å². The van der Waals surface area contributed by atoms with Crippen LogP contribution in [0.3, 0.4) is 0 Å². The van der Waals surface area contributed by atoms with Crippen LogP contribution in [0.25, 0.3) is 0 Å². The van der Waals surface area contributed by atoms with Crippen LogP contribution in [-0.4, -0.2) is 24.0 Å². The number of carbonyl (C=O) groups excluding carboxylic acids is 2. The number of nitrogens with zero attached hydrogens (tertiary/aromatic N) is 1. The van der Waals surface area contributed by atoms with Crippen LogP contribution in [0, 0.1) is 11.8 Å². The quantitative estimate of drug-likeness (QED) is 0.580. The van der Waals surface area contributed by atoms with Gasteiger partial charge in [0.2, 0.25) is 11.8 Å². The van der Waals surface area contributed by atoms with E-state index in [-0.39, 0.29) is 35.9 Å². The van der Waals surface area contributed by atoms with E-state index in [1.54, 1.807) is 24.3 Å². The standard InChI is InChI=1S/C14H10ClNO3/c15-7-1-3-8(4-2-7)16-13(17)11-9-5-6-10(19-9)12(11)14(16)18/h1-6,9-12H/t9-,10-,11-,12+/m1/s1. The monoisotopic (exact) mass is 275 g/mol. The number of amides is 2. The lowest BCUT2D eigenvalue weighted by molar-refractivity contribution is -0.124. The smallest absolute Gasteiger partial charge is 0.240 e. The molecule has 1 aromatic carbocycles. The fourth-order valence-electron chi connectivity index (χ4n) is 3.15. The first-order valence-corrected chi connectivity index (χ1v) is 6.52. The van der Waals surface area contributed by atoms with Crippen molar-refractivity contribution in [2.75, 3.05) is 4.90 Å². The molecule has 5 heteroatoms. The lowest BCUT2D eigenvalue weighted by Crippen LogP contribution is -2.34. The number of rotatable bonds is 1. The highest BCUT2D eigenvalue weighted by molar-refractivity contribution is 6.30. The third kappa shape index (κ3) is 1.38. The van der Waals surface area contributed by atoms with E-state index < -0.39 is 0 Å². The van der Waals surface area contributed by atoms with Gasteiger partial charge in [-0.3, -0.25) is 9.59 Å². The number of ether oxygens (including phenoxy) is 1. The number of fused-ring (bicyclic) bond motifs is 5. The summed E-state index contributed by atoms with van der Waals surface area (Å²) in [6.45, 7) is 0. The molecule has 4 nitrogen and oxygen atoms in total. The molecule has 0 unspecified atom stereocenters. The molecule has 4 rings (SSSR count). The first-order chi connectivity index (χ1) is 9.16. The van der Waals surface area contributed by atoms with Gasteiger partial charge in [-0.2, -0.15) is 0 Å². The minimum absolute atomic E-state index is 0.172. The molecule has 2 saturated heterocycles. The maximum absolute atomic E-state index is 12.4. The Kier molecular flexibility index (Phi) is 2.17. The van der Waals surface area contributed by atoms with Gasteiger partial charge in [0.15, 0.2) is 0 Å². The van der Waals surface area contributed by atoms with Crippen molar-refractivity contribution in [1.29, 1.82) is 0 Å². The molecular weight excluding hydrogens is 266 g/mol. The van der Waals surface area contributed by atoms with Crippen LogP contribution in [0.1, 0.15) is 0 Å². The summed E-state index contributed by atoms with van der Waals surface area (Å²) in [4.78, 5) is 26.1. The van der Waals surface area contributed by atoms with Gasteiger partial charge in [-0.15, -0.1) is 0 Å². The zero-order valence-electron chi connectivity index (χ0n) is 9.82. The van der Waals surface area contributed by atoms with E-state index in [0.717, 1.165) is 0 Å². The number of hydrogen-bond acceptors (Lipinski definition) is 3. The number of carbonyl (C=O) groups is 2. The van der Waals surface area contributed by atoms with Crippen molar-refractivity contribution in [3.05, 3.63) is 41.4 Å². The number of imide groups is 1. The van der Waals surface area contributed by atoms with Crippen molar-refractivity contribution in [3.8, 4) is 0 Å². The minimum atomic E-state index is -0.363. The van der Waals surface area contributed by atoms with Crippen molar-refractivity contribution in [3.63, 3.8) is 0 Å². The van der Waals surface area contributed by atoms with E-state index in [1.165, 1.54) is 4.90 Å². The summed E-state index contributed by atoms with van der Waals surface area (Å²) in [6, 6.07) is 6.73. The second-order valence-corrected chi connectivity index (χ2v) is 5.43. The Balaban J connectivity index is 1.74. The van der Waals surface area contributed by atoms with E-state index in [9.17, 15) is 9.59 Å². The summed E-state index contributed by atoms with van der Waals surface area (Å²) in [6.07, 6.45) is 3.26. The minimum Gasteiger partial charge on any atom is -0.365 e. The Morgan fingerprint density at radius 2 is 1.47 bits per heavy atom. The summed E-state index contributed by atoms with van der Waals surface area (Å²) in [5.41, 5.74) is 0.577. The highest BCUT2D eigenvalue weighted by atomic mass is 35.5. The molecule has 2 amide bonds. The van der Waals surface area contributed by atoms with Gasteiger partial charge in [0, 0.05) is 5.02 Å². The van der Waals surface area contributed by atoms with E-state index in [1.807, 2.05) is 12.2 Å². The maximum atomic E-state index is 12.4. The fourth-order valence-corrected chi connectivity index (χ4v) is 3.27. The van der Waals surface area contributed by atoms with Crippen molar-refractivity contribution < 1.29 is 14.3 Å². The van der Waals surface area contributed by atoms with E-state index in [2.05, 4.69) is 0 Å². The Morgan fingerprint density at radius 3 is 2.00 bits per heavy atom. The van der Waals surface area contributed by atoms with Crippen molar-refractivity contribution in [1.82, 2.24) is 0 Å². The average Bonchev–Trinajstić information content (AvgIpc) is 3.06. The molecule has 3 heterocycles. The molecule has 96 valence electrons. The Morgan fingerprint density at radius 1 is 0.947 bits per heavy atom. The lowest BCUT2D eigenvalue weighted by Gasteiger charge is -2.17. The molecule has 0 spiro atoms. The highest BCUT2D eigenvalue weighted by Crippen LogP contribution is 2.46. The second-order valence-electron chi connectivity index (χ2n) is 4.99. The van der Waals surface area contributed by atoms with Crippen LogP contribution in [0.4, 0.5) is 5.69 Å². The van der Waals surface area contributed by atoms with Gasteiger partial charge in [0.25, 0.3) is 0 Å². The third-order valence-electron chi connectivity index (χ3n) is 4.00. The largest absolute Gasteiger partial charge is 0.365 e. The van der Waals surface area contributed by atoms with E-state index in [0.29, 0.717) is 10.7 Å². The molecule has 2 fully saturated rings. The van der Waals surface area contributed by atoms with E-state index >= 15 is 0 Å². The topological polar surface area (TPSA) is 46.6 Å². The summed E-state index contributed by atoms with van der Waals surface area (Å²) in [5, 5.41) is 0.577. The summed E-state index contributed by atoms with van der Waals surface area (Å²) in [5.74, 6) is -1.07. The van der Waals surface area contributed by atoms with Gasteiger partial charge < -0.3 is 4.74 Å². The predicted octanol–water partition coefficient (Wildman–Crippen LogP) is 1.78. The summed E-state index contributed by atoms with van der Waals surface area (Å²) >= 11 is 5.82. The lowest BCUT2D eigenvalue weighted by atomic mass is 9.85. The first-order valence-electron chi connectivity index (χ1n) is 6.14. The summed E-state index contributed by atoms with van der Waals surface area (Å²) in [7, 11) is 0. The predicted molar refractivity (Wildman–Crippen MR) is 68.7 cm³/mol. The summed E-state index contributed by atoms with van der Waals surface area (Å²) < 4.78 is 5.58. The number of halogens is 1. The third-order valence-corrected chi connectivity index (χ3v) is 4.25. The highest BCUT2D eigenvalue weighted by Gasteiger charge is 2.60. The Bertz CT molecular complexity index is 580. The molecule has 0 aromatic heterocycles. The number of hydrogen-bond donors (Lipinski definition) is 0. The average molecular weight is 276 g/mol. The van der Waals surface area contributed by atoms with Crippen LogP contribution in [0.15, 0.2) is 36.4 Å².